The van der Waals surface area contributed by atoms with E-state index in [2.05, 4.69) is 5.32 Å². The number of benzene rings is 1. The topological polar surface area (TPSA) is 64.6 Å². The SMILES string of the molecule is CC(C)CCOC(C)C(=O)OCC(=O)Nc1ccccc1SC(F)F. The van der Waals surface area contributed by atoms with Gasteiger partial charge in [-0.1, -0.05) is 37.7 Å². The van der Waals surface area contributed by atoms with E-state index in [-0.39, 0.29) is 10.6 Å². The highest BCUT2D eigenvalue weighted by Crippen LogP contribution is 2.31. The molecule has 1 aromatic carbocycles. The first kappa shape index (κ1) is 21.4. The van der Waals surface area contributed by atoms with Gasteiger partial charge in [-0.05, 0) is 31.4 Å². The number of carbonyl (C=O) groups is 2. The molecule has 0 aliphatic rings. The fourth-order valence-electron chi connectivity index (χ4n) is 1.76. The smallest absolute Gasteiger partial charge is 0.335 e. The van der Waals surface area contributed by atoms with Crippen molar-refractivity contribution in [3.63, 3.8) is 0 Å². The average Bonchev–Trinajstić information content (AvgIpc) is 2.53. The van der Waals surface area contributed by atoms with Crippen LogP contribution in [0.1, 0.15) is 27.2 Å². The van der Waals surface area contributed by atoms with Crippen molar-refractivity contribution >= 4 is 29.3 Å². The second kappa shape index (κ2) is 11.0. The summed E-state index contributed by atoms with van der Waals surface area (Å²) < 4.78 is 35.2. The second-order valence-corrected chi connectivity index (χ2v) is 6.76. The van der Waals surface area contributed by atoms with Gasteiger partial charge in [0.25, 0.3) is 11.7 Å². The van der Waals surface area contributed by atoms with Gasteiger partial charge < -0.3 is 14.8 Å². The minimum atomic E-state index is -2.60. The third-order valence-corrected chi connectivity index (χ3v) is 3.91. The number of rotatable bonds is 10. The van der Waals surface area contributed by atoms with Crippen LogP contribution in [-0.2, 0) is 19.1 Å². The number of nitrogens with one attached hydrogen (secondary N) is 1. The Morgan fingerprint density at radius 3 is 2.52 bits per heavy atom. The summed E-state index contributed by atoms with van der Waals surface area (Å²) >= 11 is 0.332. The number of esters is 1. The number of ether oxygens (including phenoxy) is 2. The molecule has 1 rings (SSSR count). The van der Waals surface area contributed by atoms with Crippen LogP contribution in [0.3, 0.4) is 0 Å². The second-order valence-electron chi connectivity index (χ2n) is 5.73. The van der Waals surface area contributed by atoms with Crippen LogP contribution in [0.25, 0.3) is 0 Å². The van der Waals surface area contributed by atoms with E-state index in [0.717, 1.165) is 6.42 Å². The quantitative estimate of drug-likeness (QED) is 0.496. The van der Waals surface area contributed by atoms with E-state index < -0.39 is 30.3 Å². The van der Waals surface area contributed by atoms with Crippen molar-refractivity contribution in [2.45, 2.75) is 43.9 Å². The lowest BCUT2D eigenvalue weighted by Gasteiger charge is -2.14. The Morgan fingerprint density at radius 2 is 1.88 bits per heavy atom. The lowest BCUT2D eigenvalue weighted by Crippen LogP contribution is -2.28. The molecule has 0 fully saturated rings. The first-order valence-corrected chi connectivity index (χ1v) is 8.79. The van der Waals surface area contributed by atoms with Gasteiger partial charge in [0.05, 0.1) is 5.69 Å². The molecule has 0 aromatic heterocycles. The third kappa shape index (κ3) is 8.83. The summed E-state index contributed by atoms with van der Waals surface area (Å²) in [6, 6.07) is 6.18. The van der Waals surface area contributed by atoms with E-state index in [0.29, 0.717) is 24.3 Å². The van der Waals surface area contributed by atoms with Crippen molar-refractivity contribution < 1.29 is 27.8 Å². The predicted octanol–water partition coefficient (Wildman–Crippen LogP) is 3.93. The maximum absolute atomic E-state index is 12.5. The van der Waals surface area contributed by atoms with Crippen molar-refractivity contribution in [1.29, 1.82) is 0 Å². The highest BCUT2D eigenvalue weighted by Gasteiger charge is 2.17. The van der Waals surface area contributed by atoms with Gasteiger partial charge in [-0.25, -0.2) is 4.79 Å². The van der Waals surface area contributed by atoms with E-state index in [4.69, 9.17) is 9.47 Å². The van der Waals surface area contributed by atoms with Crippen LogP contribution in [0.5, 0.6) is 0 Å². The van der Waals surface area contributed by atoms with Gasteiger partial charge in [0.15, 0.2) is 12.7 Å². The van der Waals surface area contributed by atoms with Crippen LogP contribution in [0.2, 0.25) is 0 Å². The van der Waals surface area contributed by atoms with Crippen molar-refractivity contribution in [2.24, 2.45) is 5.92 Å². The number of halogens is 2. The molecule has 5 nitrogen and oxygen atoms in total. The Balaban J connectivity index is 2.43. The van der Waals surface area contributed by atoms with Crippen molar-refractivity contribution in [2.75, 3.05) is 18.5 Å². The zero-order valence-electron chi connectivity index (χ0n) is 14.5. The molecule has 1 unspecified atom stereocenters. The first-order valence-electron chi connectivity index (χ1n) is 7.91. The van der Waals surface area contributed by atoms with Gasteiger partial charge in [0, 0.05) is 11.5 Å². The Morgan fingerprint density at radius 1 is 1.20 bits per heavy atom. The fourth-order valence-corrected chi connectivity index (χ4v) is 2.35. The summed E-state index contributed by atoms with van der Waals surface area (Å²) in [5.74, 6) is -3.39. The highest BCUT2D eigenvalue weighted by molar-refractivity contribution is 7.99. The van der Waals surface area contributed by atoms with Gasteiger partial charge in [0.1, 0.15) is 0 Å². The molecule has 1 aromatic rings. The summed E-state index contributed by atoms with van der Waals surface area (Å²) in [6.45, 7) is 5.56. The summed E-state index contributed by atoms with van der Waals surface area (Å²) in [4.78, 5) is 23.9. The highest BCUT2D eigenvalue weighted by atomic mass is 32.2. The molecular weight excluding hydrogens is 352 g/mol. The number of thioether (sulfide) groups is 1. The maximum Gasteiger partial charge on any atom is 0.335 e. The van der Waals surface area contributed by atoms with Crippen LogP contribution in [0, 0.1) is 5.92 Å². The predicted molar refractivity (Wildman–Crippen MR) is 92.8 cm³/mol. The number of anilines is 1. The number of carbonyl (C=O) groups excluding carboxylic acids is 2. The Kier molecular flexibility index (Phi) is 9.44. The number of hydrogen-bond donors (Lipinski definition) is 1. The van der Waals surface area contributed by atoms with E-state index in [1.165, 1.54) is 12.1 Å². The zero-order valence-corrected chi connectivity index (χ0v) is 15.3. The Hall–Kier alpha value is -1.67. The van der Waals surface area contributed by atoms with Crippen molar-refractivity contribution in [1.82, 2.24) is 0 Å². The number of hydrogen-bond acceptors (Lipinski definition) is 5. The average molecular weight is 375 g/mol. The Labute approximate surface area is 150 Å². The van der Waals surface area contributed by atoms with Gasteiger partial charge in [0.2, 0.25) is 0 Å². The first-order chi connectivity index (χ1) is 11.8. The normalized spacial score (nSPS) is 12.3. The number of amides is 1. The van der Waals surface area contributed by atoms with Gasteiger partial charge in [-0.15, -0.1) is 0 Å². The largest absolute Gasteiger partial charge is 0.454 e. The van der Waals surface area contributed by atoms with Crippen LogP contribution in [0.15, 0.2) is 29.2 Å². The Bertz CT molecular complexity index is 569. The third-order valence-electron chi connectivity index (χ3n) is 3.12. The lowest BCUT2D eigenvalue weighted by molar-refractivity contribution is -0.158. The van der Waals surface area contributed by atoms with E-state index in [1.54, 1.807) is 19.1 Å². The van der Waals surface area contributed by atoms with Crippen LogP contribution in [0.4, 0.5) is 14.5 Å². The van der Waals surface area contributed by atoms with Gasteiger partial charge in [-0.2, -0.15) is 8.78 Å². The molecule has 0 radical (unpaired) electrons. The molecule has 1 N–H and O–H groups in total. The van der Waals surface area contributed by atoms with Gasteiger partial charge in [-0.3, -0.25) is 4.79 Å². The molecule has 1 atom stereocenters. The molecule has 0 saturated heterocycles. The molecule has 0 aliphatic carbocycles. The minimum absolute atomic E-state index is 0.238. The molecule has 0 spiro atoms. The summed E-state index contributed by atoms with van der Waals surface area (Å²) in [5.41, 5.74) is 0.245. The molecule has 140 valence electrons. The summed E-state index contributed by atoms with van der Waals surface area (Å²) in [6.07, 6.45) is 0.0460. The zero-order chi connectivity index (χ0) is 18.8. The summed E-state index contributed by atoms with van der Waals surface area (Å²) in [7, 11) is 0. The molecule has 25 heavy (non-hydrogen) atoms. The van der Waals surface area contributed by atoms with Crippen molar-refractivity contribution in [3.8, 4) is 0 Å². The fraction of sp³-hybridized carbons (Fsp3) is 0.529. The molecule has 0 aliphatic heterocycles. The molecular formula is C17H23F2NO4S. The molecule has 8 heteroatoms. The number of alkyl halides is 2. The van der Waals surface area contributed by atoms with E-state index >= 15 is 0 Å². The standard InChI is InChI=1S/C17H23F2NO4S/c1-11(2)8-9-23-12(3)16(22)24-10-15(21)20-13-6-4-5-7-14(13)25-17(18)19/h4-7,11-12,17H,8-10H2,1-3H3,(H,20,21). The molecule has 0 heterocycles. The van der Waals surface area contributed by atoms with Crippen LogP contribution >= 0.6 is 11.8 Å². The minimum Gasteiger partial charge on any atom is -0.454 e. The summed E-state index contributed by atoms with van der Waals surface area (Å²) in [5, 5.41) is 2.46. The number of para-hydroxylation sites is 1. The van der Waals surface area contributed by atoms with Crippen molar-refractivity contribution in [3.05, 3.63) is 24.3 Å². The van der Waals surface area contributed by atoms with Crippen LogP contribution < -0.4 is 5.32 Å². The molecule has 0 bridgehead atoms. The van der Waals surface area contributed by atoms with E-state index in [1.807, 2.05) is 13.8 Å². The maximum atomic E-state index is 12.5. The monoisotopic (exact) mass is 375 g/mol. The van der Waals surface area contributed by atoms with Crippen LogP contribution in [-0.4, -0.2) is 37.0 Å². The van der Waals surface area contributed by atoms with Gasteiger partial charge >= 0.3 is 5.97 Å². The molecule has 1 amide bonds. The molecule has 0 saturated carbocycles. The van der Waals surface area contributed by atoms with E-state index in [9.17, 15) is 18.4 Å². The lowest BCUT2D eigenvalue weighted by atomic mass is 10.1.